The maximum Gasteiger partial charge on any atom is 0.331 e. The summed E-state index contributed by atoms with van der Waals surface area (Å²) >= 11 is 0. The van der Waals surface area contributed by atoms with Crippen LogP contribution in [0.5, 0.6) is 0 Å². The fourth-order valence-corrected chi connectivity index (χ4v) is 3.08. The van der Waals surface area contributed by atoms with Crippen molar-refractivity contribution in [3.63, 3.8) is 0 Å². The molecule has 1 aliphatic rings. The van der Waals surface area contributed by atoms with Crippen molar-refractivity contribution in [1.29, 1.82) is 0 Å². The van der Waals surface area contributed by atoms with Crippen molar-refractivity contribution in [2.45, 2.75) is 32.2 Å². The summed E-state index contributed by atoms with van der Waals surface area (Å²) in [5.41, 5.74) is 1.12. The summed E-state index contributed by atoms with van der Waals surface area (Å²) in [4.78, 5) is 37.8. The number of hydrogen-bond acceptors (Lipinski definition) is 4. The number of carbonyl (C=O) groups is 1. The monoisotopic (exact) mass is 331 g/mol. The van der Waals surface area contributed by atoms with E-state index in [0.29, 0.717) is 13.1 Å². The third kappa shape index (κ3) is 3.17. The van der Waals surface area contributed by atoms with Crippen LogP contribution >= 0.6 is 0 Å². The van der Waals surface area contributed by atoms with Gasteiger partial charge in [0.15, 0.2) is 0 Å². The Morgan fingerprint density at radius 2 is 2.21 bits per heavy atom. The molecule has 0 unspecified atom stereocenters. The van der Waals surface area contributed by atoms with Gasteiger partial charge in [0.1, 0.15) is 6.54 Å². The van der Waals surface area contributed by atoms with Crippen LogP contribution in [0.1, 0.15) is 30.1 Å². The SMILES string of the molecule is Cc1cc([C@H]2CCCN(C(=O)Cn3ccc(=O)n(C)c3=O)C2)n[nH]1. The summed E-state index contributed by atoms with van der Waals surface area (Å²) < 4.78 is 2.27. The number of aromatic amines is 1. The summed E-state index contributed by atoms with van der Waals surface area (Å²) in [6.07, 6.45) is 3.28. The lowest BCUT2D eigenvalue weighted by molar-refractivity contribution is -0.133. The van der Waals surface area contributed by atoms with Gasteiger partial charge in [-0.05, 0) is 25.8 Å². The van der Waals surface area contributed by atoms with Gasteiger partial charge in [-0.15, -0.1) is 0 Å². The van der Waals surface area contributed by atoms with E-state index in [9.17, 15) is 14.4 Å². The lowest BCUT2D eigenvalue weighted by Gasteiger charge is -2.32. The van der Waals surface area contributed by atoms with Gasteiger partial charge in [0.05, 0.1) is 5.69 Å². The van der Waals surface area contributed by atoms with Crippen molar-refractivity contribution in [2.75, 3.05) is 13.1 Å². The van der Waals surface area contributed by atoms with Crippen LogP contribution in [0.2, 0.25) is 0 Å². The normalized spacial score (nSPS) is 17.9. The van der Waals surface area contributed by atoms with E-state index in [0.717, 1.165) is 28.8 Å². The lowest BCUT2D eigenvalue weighted by atomic mass is 9.94. The predicted octanol–water partition coefficient (Wildman–Crippen LogP) is -0.0153. The molecule has 1 aliphatic heterocycles. The van der Waals surface area contributed by atoms with Crippen molar-refractivity contribution < 1.29 is 4.79 Å². The standard InChI is InChI=1S/C16H21N5O3/c1-11-8-13(18-17-11)12-4-3-6-20(9-12)15(23)10-21-7-5-14(22)19(2)16(21)24/h5,7-8,12H,3-4,6,9-10H2,1-2H3,(H,17,18)/t12-/m0/s1. The van der Waals surface area contributed by atoms with Gasteiger partial charge in [0.25, 0.3) is 5.56 Å². The molecule has 8 heteroatoms. The van der Waals surface area contributed by atoms with Gasteiger partial charge in [-0.3, -0.25) is 23.8 Å². The number of carbonyl (C=O) groups excluding carboxylic acids is 1. The minimum absolute atomic E-state index is 0.0563. The quantitative estimate of drug-likeness (QED) is 0.856. The molecule has 1 N–H and O–H groups in total. The molecule has 1 amide bonds. The van der Waals surface area contributed by atoms with Crippen LogP contribution in [0.4, 0.5) is 0 Å². The van der Waals surface area contributed by atoms with Gasteiger partial charge in [-0.1, -0.05) is 0 Å². The van der Waals surface area contributed by atoms with Gasteiger partial charge in [0, 0.05) is 44.0 Å². The summed E-state index contributed by atoms with van der Waals surface area (Å²) in [7, 11) is 1.41. The van der Waals surface area contributed by atoms with E-state index in [2.05, 4.69) is 10.2 Å². The molecule has 0 bridgehead atoms. The molecule has 0 saturated carbocycles. The molecule has 2 aromatic rings. The number of nitrogens with one attached hydrogen (secondary N) is 1. The Balaban J connectivity index is 1.72. The molecular weight excluding hydrogens is 310 g/mol. The Bertz CT molecular complexity index is 863. The number of piperidine rings is 1. The first-order valence-corrected chi connectivity index (χ1v) is 8.02. The number of H-pyrrole nitrogens is 1. The maximum atomic E-state index is 12.5. The first-order valence-electron chi connectivity index (χ1n) is 8.02. The van der Waals surface area contributed by atoms with E-state index >= 15 is 0 Å². The van der Waals surface area contributed by atoms with Crippen LogP contribution in [0.15, 0.2) is 27.9 Å². The molecule has 128 valence electrons. The van der Waals surface area contributed by atoms with Crippen molar-refractivity contribution in [1.82, 2.24) is 24.2 Å². The highest BCUT2D eigenvalue weighted by Crippen LogP contribution is 2.25. The summed E-state index contributed by atoms with van der Waals surface area (Å²) in [5.74, 6) is 0.0946. The molecule has 1 saturated heterocycles. The molecular formula is C16H21N5O3. The zero-order chi connectivity index (χ0) is 17.3. The molecule has 1 atom stereocenters. The summed E-state index contributed by atoms with van der Waals surface area (Å²) in [5, 5.41) is 7.23. The Hall–Kier alpha value is -2.64. The number of aryl methyl sites for hydroxylation is 1. The number of rotatable bonds is 3. The van der Waals surface area contributed by atoms with Crippen molar-refractivity contribution >= 4 is 5.91 Å². The second kappa shape index (κ2) is 6.46. The lowest BCUT2D eigenvalue weighted by Crippen LogP contribution is -2.44. The van der Waals surface area contributed by atoms with Crippen molar-refractivity contribution in [3.8, 4) is 0 Å². The summed E-state index contributed by atoms with van der Waals surface area (Å²) in [6, 6.07) is 3.30. The van der Waals surface area contributed by atoms with Gasteiger partial charge < -0.3 is 4.90 Å². The molecule has 0 aromatic carbocycles. The average Bonchev–Trinajstić information content (AvgIpc) is 3.02. The fourth-order valence-electron chi connectivity index (χ4n) is 3.08. The first-order chi connectivity index (χ1) is 11.5. The van der Waals surface area contributed by atoms with Gasteiger partial charge in [0.2, 0.25) is 5.91 Å². The van der Waals surface area contributed by atoms with Gasteiger partial charge in [-0.2, -0.15) is 5.10 Å². The van der Waals surface area contributed by atoms with Crippen LogP contribution in [0, 0.1) is 6.92 Å². The second-order valence-corrected chi connectivity index (χ2v) is 6.28. The minimum Gasteiger partial charge on any atom is -0.340 e. The van der Waals surface area contributed by atoms with Gasteiger partial charge in [-0.25, -0.2) is 4.79 Å². The minimum atomic E-state index is -0.479. The summed E-state index contributed by atoms with van der Waals surface area (Å²) in [6.45, 7) is 3.18. The van der Waals surface area contributed by atoms with Crippen LogP contribution < -0.4 is 11.2 Å². The zero-order valence-electron chi connectivity index (χ0n) is 13.9. The van der Waals surface area contributed by atoms with Gasteiger partial charge >= 0.3 is 5.69 Å². The second-order valence-electron chi connectivity index (χ2n) is 6.28. The molecule has 2 aromatic heterocycles. The number of aromatic nitrogens is 4. The molecule has 0 radical (unpaired) electrons. The largest absolute Gasteiger partial charge is 0.340 e. The highest BCUT2D eigenvalue weighted by atomic mass is 16.2. The highest BCUT2D eigenvalue weighted by molar-refractivity contribution is 5.76. The smallest absolute Gasteiger partial charge is 0.331 e. The molecule has 1 fully saturated rings. The van der Waals surface area contributed by atoms with Crippen LogP contribution in [0.25, 0.3) is 0 Å². The topological polar surface area (TPSA) is 93.0 Å². The fraction of sp³-hybridized carbons (Fsp3) is 0.500. The maximum absolute atomic E-state index is 12.5. The van der Waals surface area contributed by atoms with Crippen LogP contribution in [-0.4, -0.2) is 43.2 Å². The van der Waals surface area contributed by atoms with E-state index in [1.807, 2.05) is 13.0 Å². The van der Waals surface area contributed by atoms with E-state index < -0.39 is 5.69 Å². The first kappa shape index (κ1) is 16.2. The van der Waals surface area contributed by atoms with E-state index in [1.165, 1.54) is 23.9 Å². The van der Waals surface area contributed by atoms with E-state index in [4.69, 9.17) is 0 Å². The van der Waals surface area contributed by atoms with Crippen molar-refractivity contribution in [2.24, 2.45) is 7.05 Å². The third-order valence-corrected chi connectivity index (χ3v) is 4.48. The van der Waals surface area contributed by atoms with E-state index in [-0.39, 0.29) is 23.9 Å². The zero-order valence-corrected chi connectivity index (χ0v) is 13.9. The predicted molar refractivity (Wildman–Crippen MR) is 87.8 cm³/mol. The number of amides is 1. The molecule has 0 spiro atoms. The Morgan fingerprint density at radius 1 is 1.42 bits per heavy atom. The van der Waals surface area contributed by atoms with Crippen LogP contribution in [0.3, 0.4) is 0 Å². The molecule has 0 aliphatic carbocycles. The Kier molecular flexibility index (Phi) is 4.37. The molecule has 8 nitrogen and oxygen atoms in total. The van der Waals surface area contributed by atoms with E-state index in [1.54, 1.807) is 4.90 Å². The third-order valence-electron chi connectivity index (χ3n) is 4.48. The molecule has 24 heavy (non-hydrogen) atoms. The van der Waals surface area contributed by atoms with Crippen molar-refractivity contribution in [3.05, 3.63) is 50.6 Å². The molecule has 3 rings (SSSR count). The number of nitrogens with zero attached hydrogens (tertiary/aromatic N) is 4. The Morgan fingerprint density at radius 3 is 2.92 bits per heavy atom. The molecule has 3 heterocycles. The van der Waals surface area contributed by atoms with Crippen LogP contribution in [-0.2, 0) is 18.4 Å². The number of hydrogen-bond donors (Lipinski definition) is 1. The number of likely N-dealkylation sites (tertiary alicyclic amines) is 1. The highest BCUT2D eigenvalue weighted by Gasteiger charge is 2.26. The Labute approximate surface area is 138 Å². The average molecular weight is 331 g/mol.